The summed E-state index contributed by atoms with van der Waals surface area (Å²) in [6.07, 6.45) is 2.44. The number of carboxylic acids is 1. The zero-order chi connectivity index (χ0) is 16.3. The predicted octanol–water partition coefficient (Wildman–Crippen LogP) is 2.25. The molecule has 1 atom stereocenters. The lowest BCUT2D eigenvalue weighted by molar-refractivity contribution is -0.139. The fourth-order valence-electron chi connectivity index (χ4n) is 1.50. The van der Waals surface area contributed by atoms with E-state index in [1.807, 2.05) is 0 Å². The van der Waals surface area contributed by atoms with E-state index in [0.717, 1.165) is 25.0 Å². The topological polar surface area (TPSA) is 95.9 Å². The van der Waals surface area contributed by atoms with Crippen molar-refractivity contribution in [1.82, 2.24) is 5.32 Å². The van der Waals surface area contributed by atoms with Gasteiger partial charge in [-0.1, -0.05) is 6.42 Å². The molecule has 0 aromatic heterocycles. The van der Waals surface area contributed by atoms with Gasteiger partial charge in [0.1, 0.15) is 11.6 Å². The van der Waals surface area contributed by atoms with Crippen LogP contribution in [0, 0.1) is 0 Å². The molecule has 0 bridgehead atoms. The molecule has 7 heteroatoms. The van der Waals surface area contributed by atoms with Gasteiger partial charge in [0.05, 0.1) is 0 Å². The zero-order valence-corrected chi connectivity index (χ0v) is 13.9. The number of amides is 1. The van der Waals surface area contributed by atoms with Gasteiger partial charge < -0.3 is 20.3 Å². The molecule has 21 heavy (non-hydrogen) atoms. The molecule has 0 rings (SSSR count). The lowest BCUT2D eigenvalue weighted by Gasteiger charge is -2.21. The molecule has 1 amide bonds. The number of aliphatic hydroxyl groups is 1. The number of thioether (sulfide) groups is 1. The highest BCUT2D eigenvalue weighted by atomic mass is 32.2. The Morgan fingerprint density at radius 3 is 2.38 bits per heavy atom. The van der Waals surface area contributed by atoms with Crippen molar-refractivity contribution in [3.63, 3.8) is 0 Å². The number of aliphatic hydroxyl groups excluding tert-OH is 1. The molecule has 0 aromatic carbocycles. The zero-order valence-electron chi connectivity index (χ0n) is 13.1. The number of carbonyl (C=O) groups excluding carboxylic acids is 1. The number of nitrogens with one attached hydrogen (secondary N) is 1. The molecule has 124 valence electrons. The van der Waals surface area contributed by atoms with Crippen LogP contribution in [-0.4, -0.2) is 52.0 Å². The van der Waals surface area contributed by atoms with Gasteiger partial charge in [-0.25, -0.2) is 9.59 Å². The highest BCUT2D eigenvalue weighted by Gasteiger charge is 2.23. The molecule has 0 saturated carbocycles. The molecule has 6 nitrogen and oxygen atoms in total. The number of hydrogen-bond acceptors (Lipinski definition) is 5. The summed E-state index contributed by atoms with van der Waals surface area (Å²) in [7, 11) is 0. The monoisotopic (exact) mass is 321 g/mol. The fraction of sp³-hybridized carbons (Fsp3) is 0.857. The summed E-state index contributed by atoms with van der Waals surface area (Å²) in [4.78, 5) is 22.7. The maximum atomic E-state index is 11.6. The van der Waals surface area contributed by atoms with Crippen molar-refractivity contribution in [3.8, 4) is 0 Å². The minimum absolute atomic E-state index is 0.214. The quantitative estimate of drug-likeness (QED) is 0.534. The average Bonchev–Trinajstić information content (AvgIpc) is 2.33. The van der Waals surface area contributed by atoms with E-state index in [1.54, 1.807) is 32.5 Å². The SMILES string of the molecule is CC(C)(C)OC(=O)NC(CCSCCCCCO)C(=O)O. The minimum atomic E-state index is -1.05. The van der Waals surface area contributed by atoms with Gasteiger partial charge in [0.25, 0.3) is 0 Å². The van der Waals surface area contributed by atoms with Gasteiger partial charge >= 0.3 is 12.1 Å². The van der Waals surface area contributed by atoms with Crippen molar-refractivity contribution < 1.29 is 24.5 Å². The first-order valence-electron chi connectivity index (χ1n) is 7.17. The van der Waals surface area contributed by atoms with E-state index in [1.165, 1.54) is 0 Å². The predicted molar refractivity (Wildman–Crippen MR) is 83.7 cm³/mol. The van der Waals surface area contributed by atoms with Crippen LogP contribution in [0.25, 0.3) is 0 Å². The van der Waals surface area contributed by atoms with E-state index in [0.29, 0.717) is 12.2 Å². The molecule has 3 N–H and O–H groups in total. The summed E-state index contributed by atoms with van der Waals surface area (Å²) in [5, 5.41) is 20.1. The molecule has 0 saturated heterocycles. The summed E-state index contributed by atoms with van der Waals surface area (Å²) in [6, 6.07) is -0.926. The number of aliphatic carboxylic acids is 1. The largest absolute Gasteiger partial charge is 0.480 e. The molecule has 0 aliphatic carbocycles. The van der Waals surface area contributed by atoms with E-state index >= 15 is 0 Å². The van der Waals surface area contributed by atoms with Crippen LogP contribution in [0.15, 0.2) is 0 Å². The molecule has 0 heterocycles. The third-order valence-electron chi connectivity index (χ3n) is 2.49. The Kier molecular flexibility index (Phi) is 10.2. The van der Waals surface area contributed by atoms with Crippen LogP contribution in [0.5, 0.6) is 0 Å². The van der Waals surface area contributed by atoms with E-state index in [2.05, 4.69) is 5.32 Å². The maximum absolute atomic E-state index is 11.6. The molecule has 1 unspecified atom stereocenters. The summed E-state index contributed by atoms with van der Waals surface area (Å²) >= 11 is 1.65. The van der Waals surface area contributed by atoms with Crippen molar-refractivity contribution in [2.45, 2.75) is 58.1 Å². The molecule has 0 aromatic rings. The van der Waals surface area contributed by atoms with Crippen molar-refractivity contribution in [2.75, 3.05) is 18.1 Å². The second kappa shape index (κ2) is 10.7. The Morgan fingerprint density at radius 1 is 1.19 bits per heavy atom. The van der Waals surface area contributed by atoms with Crippen LogP contribution in [0.3, 0.4) is 0 Å². The van der Waals surface area contributed by atoms with Gasteiger partial charge in [-0.15, -0.1) is 0 Å². The van der Waals surface area contributed by atoms with Crippen molar-refractivity contribution in [1.29, 1.82) is 0 Å². The van der Waals surface area contributed by atoms with Crippen LogP contribution in [0.1, 0.15) is 46.5 Å². The molecule has 0 fully saturated rings. The van der Waals surface area contributed by atoms with Crippen molar-refractivity contribution in [2.24, 2.45) is 0 Å². The van der Waals surface area contributed by atoms with Gasteiger partial charge in [-0.05, 0) is 51.5 Å². The Balaban J connectivity index is 3.93. The molecule has 0 aliphatic rings. The third-order valence-corrected chi connectivity index (χ3v) is 3.59. The summed E-state index contributed by atoms with van der Waals surface area (Å²) < 4.78 is 5.05. The highest BCUT2D eigenvalue weighted by molar-refractivity contribution is 7.99. The van der Waals surface area contributed by atoms with E-state index < -0.39 is 23.7 Å². The van der Waals surface area contributed by atoms with E-state index in [9.17, 15) is 9.59 Å². The van der Waals surface area contributed by atoms with Crippen molar-refractivity contribution in [3.05, 3.63) is 0 Å². The lowest BCUT2D eigenvalue weighted by Crippen LogP contribution is -2.43. The summed E-state index contributed by atoms with van der Waals surface area (Å²) in [5.41, 5.74) is -0.644. The number of carboxylic acid groups (broad SMARTS) is 1. The van der Waals surface area contributed by atoms with Crippen molar-refractivity contribution >= 4 is 23.8 Å². The minimum Gasteiger partial charge on any atom is -0.480 e. The Hall–Kier alpha value is -0.950. The van der Waals surface area contributed by atoms with Gasteiger partial charge in [-0.3, -0.25) is 0 Å². The van der Waals surface area contributed by atoms with Gasteiger partial charge in [-0.2, -0.15) is 11.8 Å². The molecular formula is C14H27NO5S. The standard InChI is InChI=1S/C14H27NO5S/c1-14(2,3)20-13(19)15-11(12(17)18)7-10-21-9-6-4-5-8-16/h11,16H,4-10H2,1-3H3,(H,15,19)(H,17,18). The second-order valence-corrected chi connectivity index (χ2v) is 6.95. The number of hydrogen-bond donors (Lipinski definition) is 3. The Labute approximate surface area is 130 Å². The third kappa shape index (κ3) is 12.5. The molecule has 0 aliphatic heterocycles. The first-order chi connectivity index (χ1) is 9.76. The number of unbranched alkanes of at least 4 members (excludes halogenated alkanes) is 2. The summed E-state index contributed by atoms with van der Waals surface area (Å²) in [5.74, 6) is 0.534. The second-order valence-electron chi connectivity index (χ2n) is 5.72. The average molecular weight is 321 g/mol. The highest BCUT2D eigenvalue weighted by Crippen LogP contribution is 2.11. The number of alkyl carbamates (subject to hydrolysis) is 1. The smallest absolute Gasteiger partial charge is 0.408 e. The van der Waals surface area contributed by atoms with Crippen LogP contribution >= 0.6 is 11.8 Å². The maximum Gasteiger partial charge on any atom is 0.408 e. The lowest BCUT2D eigenvalue weighted by atomic mass is 10.2. The van der Waals surface area contributed by atoms with Gasteiger partial charge in [0.15, 0.2) is 0 Å². The van der Waals surface area contributed by atoms with E-state index in [-0.39, 0.29) is 6.61 Å². The van der Waals surface area contributed by atoms with Gasteiger partial charge in [0, 0.05) is 6.61 Å². The van der Waals surface area contributed by atoms with Crippen LogP contribution in [-0.2, 0) is 9.53 Å². The Bertz CT molecular complexity index is 317. The first-order valence-corrected chi connectivity index (χ1v) is 8.32. The van der Waals surface area contributed by atoms with Crippen LogP contribution in [0.2, 0.25) is 0 Å². The first kappa shape index (κ1) is 20.1. The van der Waals surface area contributed by atoms with Crippen LogP contribution in [0.4, 0.5) is 4.79 Å². The van der Waals surface area contributed by atoms with E-state index in [4.69, 9.17) is 14.9 Å². The molecule has 0 spiro atoms. The number of rotatable bonds is 10. The Morgan fingerprint density at radius 2 is 1.86 bits per heavy atom. The fourth-order valence-corrected chi connectivity index (χ4v) is 2.52. The van der Waals surface area contributed by atoms with Crippen LogP contribution < -0.4 is 5.32 Å². The number of carbonyl (C=O) groups is 2. The summed E-state index contributed by atoms with van der Waals surface area (Å²) in [6.45, 7) is 5.39. The normalized spacial score (nSPS) is 12.8. The molecular weight excluding hydrogens is 294 g/mol. The van der Waals surface area contributed by atoms with Gasteiger partial charge in [0.2, 0.25) is 0 Å². The number of ether oxygens (including phenoxy) is 1. The molecule has 0 radical (unpaired) electrons.